The number of nitrogens with two attached hydrogens (primary N) is 1. The van der Waals surface area contributed by atoms with Gasteiger partial charge in [-0.05, 0) is 11.6 Å². The quantitative estimate of drug-likeness (QED) is 0.454. The maximum absolute atomic E-state index is 11.8. The van der Waals surface area contributed by atoms with Gasteiger partial charge >= 0.3 is 5.69 Å². The Bertz CT molecular complexity index is 628. The van der Waals surface area contributed by atoms with Crippen LogP contribution in [0.2, 0.25) is 0 Å². The molecule has 0 aromatic carbocycles. The Balaban J connectivity index is 2.52. The second-order valence-electron chi connectivity index (χ2n) is 4.05. The van der Waals surface area contributed by atoms with Crippen LogP contribution in [0.15, 0.2) is 11.1 Å². The van der Waals surface area contributed by atoms with Crippen molar-refractivity contribution in [2.75, 3.05) is 12.3 Å². The average molecular weight is 321 g/mol. The predicted octanol–water partition coefficient (Wildman–Crippen LogP) is -1.35. The highest BCUT2D eigenvalue weighted by Gasteiger charge is 2.56. The number of rotatable bonds is 2. The Morgan fingerprint density at radius 3 is 2.90 bits per heavy atom. The lowest BCUT2D eigenvalue weighted by atomic mass is 10.00. The zero-order chi connectivity index (χ0) is 14.9. The highest BCUT2D eigenvalue weighted by molar-refractivity contribution is 6.32. The summed E-state index contributed by atoms with van der Waals surface area (Å²) in [7, 11) is 0. The van der Waals surface area contributed by atoms with Gasteiger partial charge in [0.1, 0.15) is 18.5 Å². The molecule has 108 valence electrons. The van der Waals surface area contributed by atoms with Crippen LogP contribution in [0.1, 0.15) is 6.23 Å². The largest absolute Gasteiger partial charge is 0.394 e. The van der Waals surface area contributed by atoms with Crippen LogP contribution >= 0.6 is 23.2 Å². The molecule has 8 nitrogen and oxygen atoms in total. The number of aliphatic hydroxyl groups excluding tert-OH is 2. The smallest absolute Gasteiger partial charge is 0.354 e. The molecule has 0 bridgehead atoms. The Kier molecular flexibility index (Phi) is 4.17. The molecule has 0 saturated carbocycles. The van der Waals surface area contributed by atoms with Gasteiger partial charge in [-0.25, -0.2) is 9.78 Å². The summed E-state index contributed by atoms with van der Waals surface area (Å²) >= 11 is 11.5. The van der Waals surface area contributed by atoms with Crippen molar-refractivity contribution >= 4 is 29.2 Å². The normalized spacial score (nSPS) is 32.7. The predicted molar refractivity (Wildman–Crippen MR) is 69.9 cm³/mol. The summed E-state index contributed by atoms with van der Waals surface area (Å²) in [6, 6.07) is 0. The number of nitrogens with zero attached hydrogens (tertiary/aromatic N) is 3. The average Bonchev–Trinajstić information content (AvgIpc) is 2.63. The minimum Gasteiger partial charge on any atom is -0.394 e. The molecule has 4 N–H and O–H groups in total. The highest BCUT2D eigenvalue weighted by atomic mass is 35.5. The summed E-state index contributed by atoms with van der Waals surface area (Å²) < 4.78 is 6.27. The van der Waals surface area contributed by atoms with Gasteiger partial charge in [0.05, 0.1) is 6.61 Å². The fraction of sp³-hybridized carbons (Fsp3) is 0.500. The van der Waals surface area contributed by atoms with Crippen LogP contribution in [-0.2, 0) is 4.74 Å². The molecule has 1 saturated heterocycles. The molecule has 10 heteroatoms. The number of ether oxygens (including phenoxy) is 1. The van der Waals surface area contributed by atoms with Crippen molar-refractivity contribution in [2.45, 2.75) is 23.3 Å². The Hall–Kier alpha value is -1.37. The Morgan fingerprint density at radius 2 is 2.35 bits per heavy atom. The number of aliphatic hydroxyl groups is 2. The molecule has 0 spiro atoms. The van der Waals surface area contributed by atoms with Gasteiger partial charge in [-0.2, -0.15) is 4.98 Å². The van der Waals surface area contributed by atoms with E-state index in [1.165, 1.54) is 0 Å². The Morgan fingerprint density at radius 1 is 1.65 bits per heavy atom. The zero-order valence-electron chi connectivity index (χ0n) is 9.90. The summed E-state index contributed by atoms with van der Waals surface area (Å²) in [6.45, 7) is -0.513. The first-order valence-corrected chi connectivity index (χ1v) is 6.16. The van der Waals surface area contributed by atoms with Crippen molar-refractivity contribution in [2.24, 2.45) is 0 Å². The molecule has 2 rings (SSSR count). The van der Waals surface area contributed by atoms with E-state index < -0.39 is 35.6 Å². The van der Waals surface area contributed by atoms with E-state index in [0.29, 0.717) is 0 Å². The maximum Gasteiger partial charge on any atom is 0.354 e. The number of aromatic nitrogens is 3. The third-order valence-electron chi connectivity index (χ3n) is 2.86. The van der Waals surface area contributed by atoms with E-state index in [9.17, 15) is 9.90 Å². The molecule has 1 aliphatic rings. The molecule has 4 atom stereocenters. The molecular formula is C10H10Cl2N4O4. The number of alkyl halides is 1. The summed E-state index contributed by atoms with van der Waals surface area (Å²) in [5.41, 5.74) is 4.50. The maximum atomic E-state index is 11.8. The van der Waals surface area contributed by atoms with Gasteiger partial charge in [-0.3, -0.25) is 4.57 Å². The summed E-state index contributed by atoms with van der Waals surface area (Å²) in [5.74, 6) is 2.16. The van der Waals surface area contributed by atoms with Gasteiger partial charge in [-0.1, -0.05) is 17.5 Å². The second-order valence-corrected chi connectivity index (χ2v) is 4.86. The first-order valence-electron chi connectivity index (χ1n) is 5.40. The van der Waals surface area contributed by atoms with E-state index in [1.807, 2.05) is 5.38 Å². The van der Waals surface area contributed by atoms with Crippen LogP contribution in [0.3, 0.4) is 0 Å². The van der Waals surface area contributed by atoms with Crippen LogP contribution < -0.4 is 11.4 Å². The molecule has 2 heterocycles. The van der Waals surface area contributed by atoms with E-state index in [1.54, 1.807) is 0 Å². The van der Waals surface area contributed by atoms with Crippen LogP contribution in [0.5, 0.6) is 0 Å². The van der Waals surface area contributed by atoms with Crippen molar-refractivity contribution in [3.63, 3.8) is 0 Å². The van der Waals surface area contributed by atoms with E-state index in [2.05, 4.69) is 15.9 Å². The standard InChI is InChI=1S/C10H10Cl2N4O4/c11-2-1-10(12)6(18)5(3-17)20-7(10)16-4-14-8(13)15-9(16)19/h4-7,17-18H,3H2,(H2,13,15,19)/t5-,6+,7-,10?/m1/s1. The van der Waals surface area contributed by atoms with Gasteiger partial charge < -0.3 is 20.7 Å². The van der Waals surface area contributed by atoms with Crippen LogP contribution in [0.25, 0.3) is 0 Å². The molecule has 1 aliphatic heterocycles. The van der Waals surface area contributed by atoms with Gasteiger partial charge in [0.2, 0.25) is 5.95 Å². The van der Waals surface area contributed by atoms with Crippen molar-refractivity contribution in [1.29, 1.82) is 0 Å². The number of hydrogen-bond acceptors (Lipinski definition) is 7. The SMILES string of the molecule is Nc1ncn([C@@H]2O[C@H](CO)[C@H](O)C2(Cl)C#CCl)c(=O)n1. The lowest BCUT2D eigenvalue weighted by Crippen LogP contribution is -2.43. The Labute approximate surface area is 123 Å². The molecule has 0 amide bonds. The number of hydrogen-bond donors (Lipinski definition) is 3. The minimum atomic E-state index is -1.72. The second kappa shape index (κ2) is 5.55. The van der Waals surface area contributed by atoms with Crippen LogP contribution in [0, 0.1) is 11.3 Å². The molecular weight excluding hydrogens is 311 g/mol. The number of halogens is 2. The van der Waals surface area contributed by atoms with Crippen molar-refractivity contribution in [1.82, 2.24) is 14.5 Å². The van der Waals surface area contributed by atoms with Gasteiger partial charge in [0.15, 0.2) is 11.1 Å². The van der Waals surface area contributed by atoms with Crippen molar-refractivity contribution < 1.29 is 14.9 Å². The van der Waals surface area contributed by atoms with E-state index in [4.69, 9.17) is 38.8 Å². The van der Waals surface area contributed by atoms with E-state index in [0.717, 1.165) is 10.9 Å². The topological polar surface area (TPSA) is 123 Å². The fourth-order valence-corrected chi connectivity index (χ4v) is 2.44. The lowest BCUT2D eigenvalue weighted by Gasteiger charge is -2.24. The minimum absolute atomic E-state index is 0.216. The molecule has 20 heavy (non-hydrogen) atoms. The highest BCUT2D eigenvalue weighted by Crippen LogP contribution is 2.42. The molecule has 1 aromatic heterocycles. The molecule has 0 aliphatic carbocycles. The van der Waals surface area contributed by atoms with E-state index in [-0.39, 0.29) is 5.95 Å². The third kappa shape index (κ3) is 2.34. The van der Waals surface area contributed by atoms with Gasteiger partial charge in [0, 0.05) is 5.38 Å². The molecule has 1 fully saturated rings. The molecule has 0 radical (unpaired) electrons. The van der Waals surface area contributed by atoms with Crippen molar-refractivity contribution in [3.8, 4) is 11.3 Å². The van der Waals surface area contributed by atoms with Gasteiger partial charge in [-0.15, -0.1) is 0 Å². The monoisotopic (exact) mass is 320 g/mol. The molecule has 1 aromatic rings. The lowest BCUT2D eigenvalue weighted by molar-refractivity contribution is -0.0467. The first-order chi connectivity index (χ1) is 9.43. The van der Waals surface area contributed by atoms with E-state index >= 15 is 0 Å². The zero-order valence-corrected chi connectivity index (χ0v) is 11.4. The third-order valence-corrected chi connectivity index (χ3v) is 3.46. The summed E-state index contributed by atoms with van der Waals surface area (Å²) in [5, 5.41) is 21.3. The first kappa shape index (κ1) is 15.0. The fourth-order valence-electron chi connectivity index (χ4n) is 1.89. The van der Waals surface area contributed by atoms with Crippen molar-refractivity contribution in [3.05, 3.63) is 16.8 Å². The van der Waals surface area contributed by atoms with Gasteiger partial charge in [0.25, 0.3) is 0 Å². The van der Waals surface area contributed by atoms with Crippen LogP contribution in [-0.4, -0.2) is 48.4 Å². The summed E-state index contributed by atoms with van der Waals surface area (Å²) in [4.78, 5) is 17.1. The van der Waals surface area contributed by atoms with Crippen LogP contribution in [0.4, 0.5) is 5.95 Å². The molecule has 1 unspecified atom stereocenters. The number of anilines is 1. The number of nitrogen functional groups attached to an aromatic ring is 1. The summed E-state index contributed by atoms with van der Waals surface area (Å²) in [6.07, 6.45) is -2.56.